The Morgan fingerprint density at radius 2 is 1.95 bits per heavy atom. The number of nitrogens with one attached hydrogen (secondary N) is 1. The summed E-state index contributed by atoms with van der Waals surface area (Å²) in [5.41, 5.74) is 1.41. The highest BCUT2D eigenvalue weighted by Crippen LogP contribution is 2.07. The molecule has 19 heavy (non-hydrogen) atoms. The molecular weight excluding hydrogens is 234 g/mol. The normalized spacial score (nSPS) is 10.8. The fraction of sp³-hybridized carbons (Fsp3) is 0.438. The summed E-state index contributed by atoms with van der Waals surface area (Å²) < 4.78 is 2.28. The molecule has 1 N–H and O–H groups in total. The summed E-state index contributed by atoms with van der Waals surface area (Å²) in [6, 6.07) is 10.7. The predicted molar refractivity (Wildman–Crippen MR) is 79.2 cm³/mol. The Morgan fingerprint density at radius 1 is 1.11 bits per heavy atom. The van der Waals surface area contributed by atoms with E-state index in [2.05, 4.69) is 51.4 Å². The van der Waals surface area contributed by atoms with E-state index in [4.69, 9.17) is 0 Å². The maximum Gasteiger partial charge on any atom is 0.108 e. The second-order valence-corrected chi connectivity index (χ2v) is 4.83. The van der Waals surface area contributed by atoms with Crippen molar-refractivity contribution < 1.29 is 0 Å². The van der Waals surface area contributed by atoms with Gasteiger partial charge >= 0.3 is 0 Å². The minimum absolute atomic E-state index is 1.06. The van der Waals surface area contributed by atoms with Gasteiger partial charge in [-0.15, -0.1) is 0 Å². The van der Waals surface area contributed by atoms with Gasteiger partial charge in [0.05, 0.1) is 0 Å². The molecule has 102 valence electrons. The van der Waals surface area contributed by atoms with Gasteiger partial charge < -0.3 is 9.88 Å². The van der Waals surface area contributed by atoms with E-state index >= 15 is 0 Å². The maximum absolute atomic E-state index is 4.47. The molecule has 3 nitrogen and oxygen atoms in total. The van der Waals surface area contributed by atoms with Gasteiger partial charge in [0, 0.05) is 25.4 Å². The Balaban J connectivity index is 1.78. The van der Waals surface area contributed by atoms with Crippen LogP contribution in [-0.2, 0) is 19.4 Å². The lowest BCUT2D eigenvalue weighted by Crippen LogP contribution is -2.12. The zero-order chi connectivity index (χ0) is 13.3. The standard InChI is InChI=1S/C16H23N3/c1-17-11-6-13-19-14-12-18-16(19)10-5-9-15-7-3-2-4-8-15/h2-4,7-8,12,14,17H,5-6,9-11,13H2,1H3. The smallest absolute Gasteiger partial charge is 0.108 e. The number of benzene rings is 1. The highest BCUT2D eigenvalue weighted by atomic mass is 15.1. The summed E-state index contributed by atoms with van der Waals surface area (Å²) >= 11 is 0. The average Bonchev–Trinajstić information content (AvgIpc) is 2.88. The van der Waals surface area contributed by atoms with Gasteiger partial charge in [0.15, 0.2) is 0 Å². The number of aryl methyl sites for hydroxylation is 3. The van der Waals surface area contributed by atoms with Gasteiger partial charge in [-0.3, -0.25) is 0 Å². The highest BCUT2D eigenvalue weighted by Gasteiger charge is 2.02. The molecule has 0 aliphatic rings. The molecule has 0 radical (unpaired) electrons. The third-order valence-corrected chi connectivity index (χ3v) is 3.34. The van der Waals surface area contributed by atoms with Crippen molar-refractivity contribution in [2.45, 2.75) is 32.2 Å². The van der Waals surface area contributed by atoms with E-state index in [1.165, 1.54) is 11.4 Å². The minimum atomic E-state index is 1.06. The second-order valence-electron chi connectivity index (χ2n) is 4.83. The Bertz CT molecular complexity index is 462. The van der Waals surface area contributed by atoms with Crippen LogP contribution in [0.3, 0.4) is 0 Å². The van der Waals surface area contributed by atoms with E-state index in [1.807, 2.05) is 13.2 Å². The molecular formula is C16H23N3. The van der Waals surface area contributed by atoms with E-state index in [1.54, 1.807) is 0 Å². The molecule has 0 saturated heterocycles. The molecule has 0 unspecified atom stereocenters. The van der Waals surface area contributed by atoms with Crippen LogP contribution in [0.5, 0.6) is 0 Å². The van der Waals surface area contributed by atoms with Crippen molar-refractivity contribution in [2.24, 2.45) is 0 Å². The molecule has 0 saturated carbocycles. The first kappa shape index (κ1) is 13.8. The van der Waals surface area contributed by atoms with Crippen molar-refractivity contribution in [1.82, 2.24) is 14.9 Å². The van der Waals surface area contributed by atoms with Crippen molar-refractivity contribution in [1.29, 1.82) is 0 Å². The molecule has 0 aliphatic carbocycles. The summed E-state index contributed by atoms with van der Waals surface area (Å²) in [6.07, 6.45) is 8.50. The van der Waals surface area contributed by atoms with E-state index in [0.29, 0.717) is 0 Å². The van der Waals surface area contributed by atoms with Crippen molar-refractivity contribution in [3.8, 4) is 0 Å². The summed E-state index contributed by atoms with van der Waals surface area (Å²) in [5, 5.41) is 3.18. The van der Waals surface area contributed by atoms with Crippen LogP contribution in [0, 0.1) is 0 Å². The number of rotatable bonds is 8. The SMILES string of the molecule is CNCCCn1ccnc1CCCc1ccccc1. The molecule has 1 heterocycles. The zero-order valence-electron chi connectivity index (χ0n) is 11.7. The summed E-state index contributed by atoms with van der Waals surface area (Å²) in [7, 11) is 1.99. The lowest BCUT2D eigenvalue weighted by molar-refractivity contribution is 0.582. The molecule has 0 fully saturated rings. The van der Waals surface area contributed by atoms with Crippen LogP contribution < -0.4 is 5.32 Å². The van der Waals surface area contributed by atoms with Crippen LogP contribution in [0.2, 0.25) is 0 Å². The van der Waals surface area contributed by atoms with Crippen LogP contribution in [-0.4, -0.2) is 23.1 Å². The first-order valence-electron chi connectivity index (χ1n) is 7.08. The van der Waals surface area contributed by atoms with Crippen molar-refractivity contribution in [2.75, 3.05) is 13.6 Å². The van der Waals surface area contributed by atoms with Crippen LogP contribution in [0.25, 0.3) is 0 Å². The van der Waals surface area contributed by atoms with Crippen LogP contribution >= 0.6 is 0 Å². The topological polar surface area (TPSA) is 29.9 Å². The number of nitrogens with zero attached hydrogens (tertiary/aromatic N) is 2. The molecule has 0 amide bonds. The van der Waals surface area contributed by atoms with Gasteiger partial charge in [-0.25, -0.2) is 4.98 Å². The number of aromatic nitrogens is 2. The van der Waals surface area contributed by atoms with Crippen LogP contribution in [0.1, 0.15) is 24.2 Å². The Morgan fingerprint density at radius 3 is 2.74 bits per heavy atom. The largest absolute Gasteiger partial charge is 0.335 e. The lowest BCUT2D eigenvalue weighted by Gasteiger charge is -2.07. The quantitative estimate of drug-likeness (QED) is 0.737. The number of hydrogen-bond donors (Lipinski definition) is 1. The van der Waals surface area contributed by atoms with Gasteiger partial charge in [-0.2, -0.15) is 0 Å². The molecule has 3 heteroatoms. The summed E-state index contributed by atoms with van der Waals surface area (Å²) in [5.74, 6) is 1.21. The Labute approximate surface area is 115 Å². The summed E-state index contributed by atoms with van der Waals surface area (Å²) in [6.45, 7) is 2.11. The number of hydrogen-bond acceptors (Lipinski definition) is 2. The second kappa shape index (κ2) is 7.74. The van der Waals surface area contributed by atoms with Crippen molar-refractivity contribution in [3.05, 3.63) is 54.1 Å². The molecule has 0 bridgehead atoms. The molecule has 2 rings (SSSR count). The highest BCUT2D eigenvalue weighted by molar-refractivity contribution is 5.14. The first-order valence-corrected chi connectivity index (χ1v) is 7.08. The van der Waals surface area contributed by atoms with Gasteiger partial charge in [0.1, 0.15) is 5.82 Å². The fourth-order valence-corrected chi connectivity index (χ4v) is 2.29. The van der Waals surface area contributed by atoms with Gasteiger partial charge in [-0.1, -0.05) is 30.3 Å². The number of imidazole rings is 1. The van der Waals surface area contributed by atoms with Gasteiger partial charge in [-0.05, 0) is 38.4 Å². The molecule has 1 aromatic heterocycles. The Hall–Kier alpha value is -1.61. The van der Waals surface area contributed by atoms with E-state index in [0.717, 1.165) is 38.8 Å². The van der Waals surface area contributed by atoms with E-state index in [-0.39, 0.29) is 0 Å². The van der Waals surface area contributed by atoms with Gasteiger partial charge in [0.25, 0.3) is 0 Å². The third-order valence-electron chi connectivity index (χ3n) is 3.34. The van der Waals surface area contributed by atoms with Gasteiger partial charge in [0.2, 0.25) is 0 Å². The van der Waals surface area contributed by atoms with Crippen LogP contribution in [0.4, 0.5) is 0 Å². The fourth-order valence-electron chi connectivity index (χ4n) is 2.29. The third kappa shape index (κ3) is 4.52. The molecule has 0 atom stereocenters. The van der Waals surface area contributed by atoms with Crippen LogP contribution in [0.15, 0.2) is 42.7 Å². The molecule has 0 aliphatic heterocycles. The summed E-state index contributed by atoms with van der Waals surface area (Å²) in [4.78, 5) is 4.47. The van der Waals surface area contributed by atoms with E-state index in [9.17, 15) is 0 Å². The average molecular weight is 257 g/mol. The van der Waals surface area contributed by atoms with Crippen molar-refractivity contribution >= 4 is 0 Å². The minimum Gasteiger partial charge on any atom is -0.335 e. The zero-order valence-corrected chi connectivity index (χ0v) is 11.7. The lowest BCUT2D eigenvalue weighted by atomic mass is 10.1. The predicted octanol–water partition coefficient (Wildman–Crippen LogP) is 2.67. The first-order chi connectivity index (χ1) is 9.40. The van der Waals surface area contributed by atoms with E-state index < -0.39 is 0 Å². The molecule has 0 spiro atoms. The monoisotopic (exact) mass is 257 g/mol. The molecule has 1 aromatic carbocycles. The maximum atomic E-state index is 4.47. The molecule has 2 aromatic rings. The Kier molecular flexibility index (Phi) is 5.63. The van der Waals surface area contributed by atoms with Crippen molar-refractivity contribution in [3.63, 3.8) is 0 Å².